The van der Waals surface area contributed by atoms with Gasteiger partial charge in [0.25, 0.3) is 0 Å². The molecule has 6 heteroatoms. The Hall–Kier alpha value is -2.50. The quantitative estimate of drug-likeness (QED) is 0.626. The third-order valence-electron chi connectivity index (χ3n) is 1.90. The van der Waals surface area contributed by atoms with Crippen LogP contribution < -0.4 is 10.5 Å². The molecule has 0 aliphatic heterocycles. The van der Waals surface area contributed by atoms with Gasteiger partial charge in [-0.1, -0.05) is 12.1 Å². The van der Waals surface area contributed by atoms with Crippen LogP contribution in [0.3, 0.4) is 0 Å². The largest absolute Gasteiger partial charge is 0.419 e. The van der Waals surface area contributed by atoms with Crippen LogP contribution in [0.5, 0.6) is 5.75 Å². The summed E-state index contributed by atoms with van der Waals surface area (Å²) in [6, 6.07) is 5.57. The molecule has 2 N–H and O–H groups in total. The van der Waals surface area contributed by atoms with Gasteiger partial charge >= 0.3 is 5.97 Å². The number of para-hydroxylation sites is 1. The summed E-state index contributed by atoms with van der Waals surface area (Å²) < 4.78 is 18.0. The number of nitrogens with zero attached hydrogens (tertiary/aromatic N) is 2. The maximum atomic E-state index is 13.2. The van der Waals surface area contributed by atoms with Crippen molar-refractivity contribution in [2.45, 2.75) is 0 Å². The fraction of sp³-hybridized carbons (Fsp3) is 0. The standard InChI is InChI=1S/C11H8FN3O2/c12-7-3-1-2-4-9(7)17-11(16)8-5-14-6-10(13)15-8/h1-6H,(H2,13,15). The summed E-state index contributed by atoms with van der Waals surface area (Å²) >= 11 is 0. The fourth-order valence-corrected chi connectivity index (χ4v) is 1.16. The Morgan fingerprint density at radius 3 is 2.76 bits per heavy atom. The first-order valence-electron chi connectivity index (χ1n) is 4.71. The van der Waals surface area contributed by atoms with Crippen molar-refractivity contribution >= 4 is 11.8 Å². The monoisotopic (exact) mass is 233 g/mol. The van der Waals surface area contributed by atoms with Crippen LogP contribution in [-0.2, 0) is 0 Å². The van der Waals surface area contributed by atoms with Crippen LogP contribution in [0.15, 0.2) is 36.7 Å². The van der Waals surface area contributed by atoms with Crippen molar-refractivity contribution in [3.05, 3.63) is 48.2 Å². The highest BCUT2D eigenvalue weighted by atomic mass is 19.1. The van der Waals surface area contributed by atoms with E-state index in [0.29, 0.717) is 0 Å². The number of carbonyl (C=O) groups is 1. The van der Waals surface area contributed by atoms with E-state index in [2.05, 4.69) is 9.97 Å². The SMILES string of the molecule is Nc1cncc(C(=O)Oc2ccccc2F)n1. The molecule has 0 fully saturated rings. The van der Waals surface area contributed by atoms with Crippen molar-refractivity contribution in [1.82, 2.24) is 9.97 Å². The molecule has 86 valence electrons. The number of hydrogen-bond donors (Lipinski definition) is 1. The van der Waals surface area contributed by atoms with Gasteiger partial charge in [-0.25, -0.2) is 14.2 Å². The van der Waals surface area contributed by atoms with E-state index >= 15 is 0 Å². The number of benzene rings is 1. The van der Waals surface area contributed by atoms with E-state index in [9.17, 15) is 9.18 Å². The zero-order valence-corrected chi connectivity index (χ0v) is 8.63. The van der Waals surface area contributed by atoms with E-state index in [4.69, 9.17) is 10.5 Å². The maximum absolute atomic E-state index is 13.2. The van der Waals surface area contributed by atoms with E-state index in [1.165, 1.54) is 30.6 Å². The molecule has 1 aromatic carbocycles. The number of hydrogen-bond acceptors (Lipinski definition) is 5. The van der Waals surface area contributed by atoms with Crippen LogP contribution in [0.25, 0.3) is 0 Å². The summed E-state index contributed by atoms with van der Waals surface area (Å²) in [7, 11) is 0. The van der Waals surface area contributed by atoms with E-state index in [1.807, 2.05) is 0 Å². The third-order valence-corrected chi connectivity index (χ3v) is 1.90. The van der Waals surface area contributed by atoms with Crippen molar-refractivity contribution in [3.8, 4) is 5.75 Å². The molecule has 2 rings (SSSR count). The van der Waals surface area contributed by atoms with E-state index in [-0.39, 0.29) is 17.3 Å². The Balaban J connectivity index is 2.20. The molecule has 0 amide bonds. The lowest BCUT2D eigenvalue weighted by Gasteiger charge is -2.04. The molecule has 17 heavy (non-hydrogen) atoms. The molecular weight excluding hydrogens is 225 g/mol. The molecule has 0 spiro atoms. The summed E-state index contributed by atoms with van der Waals surface area (Å²) in [5.74, 6) is -1.51. The highest BCUT2D eigenvalue weighted by Gasteiger charge is 2.13. The minimum Gasteiger partial charge on any atom is -0.419 e. The number of anilines is 1. The first kappa shape index (κ1) is 11.0. The number of carbonyl (C=O) groups excluding carboxylic acids is 1. The average Bonchev–Trinajstić information content (AvgIpc) is 2.32. The number of ether oxygens (including phenoxy) is 1. The van der Waals surface area contributed by atoms with E-state index in [1.54, 1.807) is 6.07 Å². The van der Waals surface area contributed by atoms with Gasteiger partial charge < -0.3 is 10.5 Å². The highest BCUT2D eigenvalue weighted by Crippen LogP contribution is 2.16. The minimum absolute atomic E-state index is 0.0757. The summed E-state index contributed by atoms with van der Waals surface area (Å²) in [6.07, 6.45) is 2.49. The first-order valence-corrected chi connectivity index (χ1v) is 4.71. The van der Waals surface area contributed by atoms with Gasteiger partial charge in [0.15, 0.2) is 17.3 Å². The van der Waals surface area contributed by atoms with Crippen LogP contribution in [0.2, 0.25) is 0 Å². The topological polar surface area (TPSA) is 78.1 Å². The minimum atomic E-state index is -0.810. The van der Waals surface area contributed by atoms with Gasteiger partial charge in [0.05, 0.1) is 12.4 Å². The zero-order valence-electron chi connectivity index (χ0n) is 8.63. The van der Waals surface area contributed by atoms with Crippen LogP contribution in [0.1, 0.15) is 10.5 Å². The normalized spacial score (nSPS) is 9.94. The van der Waals surface area contributed by atoms with Crippen molar-refractivity contribution < 1.29 is 13.9 Å². The number of aromatic nitrogens is 2. The van der Waals surface area contributed by atoms with Crippen molar-refractivity contribution in [2.24, 2.45) is 0 Å². The second-order valence-electron chi connectivity index (χ2n) is 3.15. The number of nitrogen functional groups attached to an aromatic ring is 1. The van der Waals surface area contributed by atoms with E-state index in [0.717, 1.165) is 0 Å². The summed E-state index contributed by atoms with van der Waals surface area (Å²) in [5.41, 5.74) is 5.29. The second-order valence-corrected chi connectivity index (χ2v) is 3.15. The summed E-state index contributed by atoms with van der Waals surface area (Å²) in [6.45, 7) is 0. The van der Waals surface area contributed by atoms with Gasteiger partial charge in [-0.2, -0.15) is 0 Å². The Morgan fingerprint density at radius 1 is 1.29 bits per heavy atom. The van der Waals surface area contributed by atoms with E-state index < -0.39 is 11.8 Å². The third kappa shape index (κ3) is 2.54. The molecule has 0 atom stereocenters. The van der Waals surface area contributed by atoms with Crippen LogP contribution in [-0.4, -0.2) is 15.9 Å². The molecule has 0 aliphatic carbocycles. The zero-order chi connectivity index (χ0) is 12.3. The second kappa shape index (κ2) is 4.56. The molecule has 0 bridgehead atoms. The molecule has 0 radical (unpaired) electrons. The lowest BCUT2D eigenvalue weighted by molar-refractivity contribution is 0.0721. The smallest absolute Gasteiger partial charge is 0.364 e. The van der Waals surface area contributed by atoms with Crippen molar-refractivity contribution in [1.29, 1.82) is 0 Å². The number of esters is 1. The summed E-state index contributed by atoms with van der Waals surface area (Å²) in [5, 5.41) is 0. The molecule has 1 aromatic heterocycles. The lowest BCUT2D eigenvalue weighted by atomic mass is 10.3. The van der Waals surface area contributed by atoms with Gasteiger partial charge in [0, 0.05) is 0 Å². The van der Waals surface area contributed by atoms with Gasteiger partial charge in [-0.05, 0) is 12.1 Å². The molecule has 0 aliphatic rings. The number of nitrogens with two attached hydrogens (primary N) is 1. The molecule has 2 aromatic rings. The molecule has 1 heterocycles. The molecule has 5 nitrogen and oxygen atoms in total. The van der Waals surface area contributed by atoms with Gasteiger partial charge in [-0.3, -0.25) is 4.98 Å². The predicted molar refractivity (Wildman–Crippen MR) is 57.8 cm³/mol. The Morgan fingerprint density at radius 2 is 2.06 bits per heavy atom. The molecule has 0 saturated carbocycles. The lowest BCUT2D eigenvalue weighted by Crippen LogP contribution is -2.12. The first-order chi connectivity index (χ1) is 8.16. The van der Waals surface area contributed by atoms with Gasteiger partial charge in [0.2, 0.25) is 0 Å². The molecule has 0 saturated heterocycles. The Bertz CT molecular complexity index is 560. The van der Waals surface area contributed by atoms with Gasteiger partial charge in [0.1, 0.15) is 5.82 Å². The Kier molecular flexibility index (Phi) is 2.95. The van der Waals surface area contributed by atoms with Crippen molar-refractivity contribution in [3.63, 3.8) is 0 Å². The van der Waals surface area contributed by atoms with Crippen LogP contribution in [0.4, 0.5) is 10.2 Å². The number of halogens is 1. The fourth-order valence-electron chi connectivity index (χ4n) is 1.16. The molecular formula is C11H8FN3O2. The van der Waals surface area contributed by atoms with Crippen LogP contribution >= 0.6 is 0 Å². The van der Waals surface area contributed by atoms with Gasteiger partial charge in [-0.15, -0.1) is 0 Å². The predicted octanol–water partition coefficient (Wildman–Crippen LogP) is 1.42. The Labute approximate surface area is 96.1 Å². The summed E-state index contributed by atoms with van der Waals surface area (Å²) in [4.78, 5) is 19.0. The highest BCUT2D eigenvalue weighted by molar-refractivity contribution is 5.89. The maximum Gasteiger partial charge on any atom is 0.364 e. The van der Waals surface area contributed by atoms with Crippen LogP contribution in [0, 0.1) is 5.82 Å². The average molecular weight is 233 g/mol. The number of rotatable bonds is 2. The molecule has 0 unspecified atom stereocenters. The van der Waals surface area contributed by atoms with Crippen molar-refractivity contribution in [2.75, 3.05) is 5.73 Å².